The summed E-state index contributed by atoms with van der Waals surface area (Å²) in [5.74, 6) is -0.932. The van der Waals surface area contributed by atoms with Gasteiger partial charge in [0.15, 0.2) is 0 Å². The largest absolute Gasteiger partial charge is 0.478 e. The molecular formula is C12H13N3O2. The van der Waals surface area contributed by atoms with E-state index >= 15 is 0 Å². The monoisotopic (exact) mass is 231 g/mol. The molecule has 5 heteroatoms. The van der Waals surface area contributed by atoms with Crippen molar-refractivity contribution in [2.45, 2.75) is 6.54 Å². The molecule has 1 aromatic heterocycles. The van der Waals surface area contributed by atoms with Gasteiger partial charge in [-0.2, -0.15) is 5.10 Å². The lowest BCUT2D eigenvalue weighted by Crippen LogP contribution is -2.08. The summed E-state index contributed by atoms with van der Waals surface area (Å²) in [5, 5.41) is 16.2. The molecule has 17 heavy (non-hydrogen) atoms. The standard InChI is InChI=1S/C12H13N3O2/c1-15-9(6-7-14-15)8-13-11-5-3-2-4-10(11)12(16)17/h2-7,13H,8H2,1H3,(H,16,17). The topological polar surface area (TPSA) is 67.2 Å². The molecule has 0 unspecified atom stereocenters. The minimum atomic E-state index is -0.932. The van der Waals surface area contributed by atoms with E-state index in [-0.39, 0.29) is 5.56 Å². The molecule has 5 nitrogen and oxygen atoms in total. The third-order valence-corrected chi connectivity index (χ3v) is 2.54. The second kappa shape index (κ2) is 4.69. The molecule has 0 amide bonds. The molecule has 0 aliphatic heterocycles. The zero-order chi connectivity index (χ0) is 12.3. The fraction of sp³-hybridized carbons (Fsp3) is 0.167. The summed E-state index contributed by atoms with van der Waals surface area (Å²) in [7, 11) is 1.85. The molecule has 0 atom stereocenters. The quantitative estimate of drug-likeness (QED) is 0.841. The summed E-state index contributed by atoms with van der Waals surface area (Å²) in [6.45, 7) is 0.542. The Bertz CT molecular complexity index is 534. The maximum absolute atomic E-state index is 11.0. The summed E-state index contributed by atoms with van der Waals surface area (Å²) >= 11 is 0. The first-order valence-corrected chi connectivity index (χ1v) is 5.21. The molecule has 2 aromatic rings. The molecule has 2 N–H and O–H groups in total. The molecular weight excluding hydrogens is 218 g/mol. The smallest absolute Gasteiger partial charge is 0.337 e. The normalized spacial score (nSPS) is 10.2. The number of aryl methyl sites for hydroxylation is 1. The van der Waals surface area contributed by atoms with E-state index in [1.165, 1.54) is 0 Å². The molecule has 0 spiro atoms. The van der Waals surface area contributed by atoms with E-state index in [2.05, 4.69) is 10.4 Å². The molecule has 88 valence electrons. The predicted octanol–water partition coefficient (Wildman–Crippen LogP) is 1.73. The van der Waals surface area contributed by atoms with E-state index < -0.39 is 5.97 Å². The summed E-state index contributed by atoms with van der Waals surface area (Å²) in [4.78, 5) is 11.0. The molecule has 1 heterocycles. The fourth-order valence-corrected chi connectivity index (χ4v) is 1.58. The van der Waals surface area contributed by atoms with E-state index in [0.29, 0.717) is 12.2 Å². The Balaban J connectivity index is 2.14. The first kappa shape index (κ1) is 11.2. The number of para-hydroxylation sites is 1. The van der Waals surface area contributed by atoms with Gasteiger partial charge in [-0.3, -0.25) is 4.68 Å². The van der Waals surface area contributed by atoms with Crippen molar-refractivity contribution in [3.63, 3.8) is 0 Å². The molecule has 2 rings (SSSR count). The number of nitrogens with zero attached hydrogens (tertiary/aromatic N) is 2. The lowest BCUT2D eigenvalue weighted by atomic mass is 10.2. The van der Waals surface area contributed by atoms with Gasteiger partial charge in [-0.05, 0) is 18.2 Å². The first-order chi connectivity index (χ1) is 8.18. The van der Waals surface area contributed by atoms with Crippen LogP contribution in [0.2, 0.25) is 0 Å². The van der Waals surface area contributed by atoms with Gasteiger partial charge < -0.3 is 10.4 Å². The van der Waals surface area contributed by atoms with Gasteiger partial charge in [0, 0.05) is 18.9 Å². The van der Waals surface area contributed by atoms with Crippen molar-refractivity contribution in [2.75, 3.05) is 5.32 Å². The van der Waals surface area contributed by atoms with Crippen LogP contribution in [0.5, 0.6) is 0 Å². The van der Waals surface area contributed by atoms with Crippen molar-refractivity contribution in [2.24, 2.45) is 7.05 Å². The van der Waals surface area contributed by atoms with E-state index in [1.807, 2.05) is 13.1 Å². The van der Waals surface area contributed by atoms with Crippen molar-refractivity contribution in [3.05, 3.63) is 47.8 Å². The van der Waals surface area contributed by atoms with Crippen LogP contribution in [-0.4, -0.2) is 20.9 Å². The maximum atomic E-state index is 11.0. The van der Waals surface area contributed by atoms with Crippen LogP contribution < -0.4 is 5.32 Å². The van der Waals surface area contributed by atoms with Crippen LogP contribution in [0.3, 0.4) is 0 Å². The lowest BCUT2D eigenvalue weighted by molar-refractivity contribution is 0.0698. The van der Waals surface area contributed by atoms with Crippen LogP contribution in [0.25, 0.3) is 0 Å². The number of hydrogen-bond donors (Lipinski definition) is 2. The third-order valence-electron chi connectivity index (χ3n) is 2.54. The molecule has 0 fully saturated rings. The van der Waals surface area contributed by atoms with Crippen molar-refractivity contribution in [1.29, 1.82) is 0 Å². The van der Waals surface area contributed by atoms with E-state index in [9.17, 15) is 4.79 Å². The van der Waals surface area contributed by atoms with Gasteiger partial charge in [-0.1, -0.05) is 12.1 Å². The van der Waals surface area contributed by atoms with Crippen molar-refractivity contribution in [1.82, 2.24) is 9.78 Å². The average Bonchev–Trinajstić information content (AvgIpc) is 2.72. The number of hydrogen-bond acceptors (Lipinski definition) is 3. The number of carboxylic acids is 1. The second-order valence-corrected chi connectivity index (χ2v) is 3.65. The van der Waals surface area contributed by atoms with Crippen molar-refractivity contribution >= 4 is 11.7 Å². The number of nitrogens with one attached hydrogen (secondary N) is 1. The van der Waals surface area contributed by atoms with Gasteiger partial charge in [0.25, 0.3) is 0 Å². The molecule has 1 aromatic carbocycles. The Morgan fingerprint density at radius 2 is 2.18 bits per heavy atom. The van der Waals surface area contributed by atoms with Crippen LogP contribution in [0.15, 0.2) is 36.5 Å². The third kappa shape index (κ3) is 2.44. The number of carboxylic acid groups (broad SMARTS) is 1. The summed E-state index contributed by atoms with van der Waals surface area (Å²) in [6, 6.07) is 8.72. The maximum Gasteiger partial charge on any atom is 0.337 e. The molecule has 0 saturated carbocycles. The van der Waals surface area contributed by atoms with Gasteiger partial charge >= 0.3 is 5.97 Å². The Hall–Kier alpha value is -2.30. The van der Waals surface area contributed by atoms with Crippen molar-refractivity contribution < 1.29 is 9.90 Å². The summed E-state index contributed by atoms with van der Waals surface area (Å²) in [5.41, 5.74) is 1.88. The van der Waals surface area contributed by atoms with Crippen LogP contribution in [0.1, 0.15) is 16.1 Å². The second-order valence-electron chi connectivity index (χ2n) is 3.65. The number of aromatic carboxylic acids is 1. The van der Waals surface area contributed by atoms with Gasteiger partial charge in [0.1, 0.15) is 0 Å². The summed E-state index contributed by atoms with van der Waals surface area (Å²) < 4.78 is 1.75. The number of anilines is 1. The van der Waals surface area contributed by atoms with E-state index in [0.717, 1.165) is 5.69 Å². The van der Waals surface area contributed by atoms with E-state index in [1.54, 1.807) is 35.1 Å². The summed E-state index contributed by atoms with van der Waals surface area (Å²) in [6.07, 6.45) is 1.71. The number of aromatic nitrogens is 2. The SMILES string of the molecule is Cn1nccc1CNc1ccccc1C(=O)O. The zero-order valence-corrected chi connectivity index (χ0v) is 9.42. The Labute approximate surface area is 98.7 Å². The minimum Gasteiger partial charge on any atom is -0.478 e. The first-order valence-electron chi connectivity index (χ1n) is 5.21. The van der Waals surface area contributed by atoms with Crippen LogP contribution in [0.4, 0.5) is 5.69 Å². The van der Waals surface area contributed by atoms with E-state index in [4.69, 9.17) is 5.11 Å². The molecule has 0 bridgehead atoms. The predicted molar refractivity (Wildman–Crippen MR) is 63.9 cm³/mol. The Morgan fingerprint density at radius 1 is 1.41 bits per heavy atom. The average molecular weight is 231 g/mol. The van der Waals surface area contributed by atoms with Crippen LogP contribution >= 0.6 is 0 Å². The van der Waals surface area contributed by atoms with Gasteiger partial charge in [-0.15, -0.1) is 0 Å². The number of carbonyl (C=O) groups is 1. The van der Waals surface area contributed by atoms with Gasteiger partial charge in [0.2, 0.25) is 0 Å². The fourth-order valence-electron chi connectivity index (χ4n) is 1.58. The molecule has 0 aliphatic rings. The minimum absolute atomic E-state index is 0.273. The highest BCUT2D eigenvalue weighted by atomic mass is 16.4. The highest BCUT2D eigenvalue weighted by molar-refractivity contribution is 5.94. The highest BCUT2D eigenvalue weighted by Gasteiger charge is 2.08. The molecule has 0 aliphatic carbocycles. The molecule has 0 radical (unpaired) electrons. The van der Waals surface area contributed by atoms with Crippen LogP contribution in [-0.2, 0) is 13.6 Å². The number of benzene rings is 1. The van der Waals surface area contributed by atoms with Crippen molar-refractivity contribution in [3.8, 4) is 0 Å². The molecule has 0 saturated heterocycles. The van der Waals surface area contributed by atoms with Gasteiger partial charge in [-0.25, -0.2) is 4.79 Å². The number of rotatable bonds is 4. The Morgan fingerprint density at radius 3 is 2.82 bits per heavy atom. The zero-order valence-electron chi connectivity index (χ0n) is 9.42. The van der Waals surface area contributed by atoms with Gasteiger partial charge in [0.05, 0.1) is 17.8 Å². The Kier molecular flexibility index (Phi) is 3.09. The lowest BCUT2D eigenvalue weighted by Gasteiger charge is -2.09. The highest BCUT2D eigenvalue weighted by Crippen LogP contribution is 2.15. The van der Waals surface area contributed by atoms with Crippen LogP contribution in [0, 0.1) is 0 Å².